The molecule has 0 aromatic heterocycles. The van der Waals surface area contributed by atoms with Gasteiger partial charge >= 0.3 is 17.9 Å². The number of Topliss-reactive ketones (excluding diaryl/α,β-unsaturated/α-hetero) is 1. The maximum Gasteiger partial charge on any atom is 0.309 e. The Morgan fingerprint density at radius 3 is 2.38 bits per heavy atom. The van der Waals surface area contributed by atoms with Crippen molar-refractivity contribution in [3.63, 3.8) is 0 Å². The standard InChI is InChI=1S/C28H38O9/c1-9-12(2)24(33)35-20-18-21(25(18,7)8)28(36-16(6)30)14(4)22(32)26-10-13(3)23(34-15(5)29)27(26,37-26)11-17(28)19(20)31/h11-14,18-21,23,31H,9-10H2,1-8H3/t12?,13?,14-,18?,19-,20-,21?,23+,26+,27+,28+/m1/s1. The van der Waals surface area contributed by atoms with E-state index in [4.69, 9.17) is 18.9 Å². The van der Waals surface area contributed by atoms with E-state index in [1.54, 1.807) is 19.9 Å². The lowest BCUT2D eigenvalue weighted by Gasteiger charge is -2.46. The van der Waals surface area contributed by atoms with E-state index in [2.05, 4.69) is 0 Å². The molecular weight excluding hydrogens is 480 g/mol. The van der Waals surface area contributed by atoms with Crippen LogP contribution in [0.5, 0.6) is 0 Å². The Morgan fingerprint density at radius 1 is 1.16 bits per heavy atom. The van der Waals surface area contributed by atoms with Crippen LogP contribution in [0.3, 0.4) is 0 Å². The topological polar surface area (TPSA) is 129 Å². The van der Waals surface area contributed by atoms with Gasteiger partial charge < -0.3 is 24.1 Å². The van der Waals surface area contributed by atoms with Crippen molar-refractivity contribution < 1.29 is 43.2 Å². The van der Waals surface area contributed by atoms with Gasteiger partial charge in [0.05, 0.1) is 11.8 Å². The number of ether oxygens (including phenoxy) is 4. The molecule has 0 aromatic rings. The van der Waals surface area contributed by atoms with Gasteiger partial charge in [-0.15, -0.1) is 0 Å². The number of carbonyl (C=O) groups is 4. The molecule has 1 heterocycles. The number of fused-ring (bicyclic) bond motifs is 3. The monoisotopic (exact) mass is 518 g/mol. The molecule has 4 aliphatic carbocycles. The predicted octanol–water partition coefficient (Wildman–Crippen LogP) is 2.52. The minimum atomic E-state index is -1.44. The Bertz CT molecular complexity index is 1110. The number of ketones is 1. The van der Waals surface area contributed by atoms with E-state index in [-0.39, 0.29) is 29.5 Å². The third kappa shape index (κ3) is 3.16. The number of aliphatic hydroxyl groups excluding tert-OH is 1. The Balaban J connectivity index is 1.70. The smallest absolute Gasteiger partial charge is 0.309 e. The Morgan fingerprint density at radius 2 is 1.81 bits per heavy atom. The summed E-state index contributed by atoms with van der Waals surface area (Å²) >= 11 is 0. The van der Waals surface area contributed by atoms with Gasteiger partial charge in [-0.25, -0.2) is 0 Å². The van der Waals surface area contributed by atoms with E-state index in [0.29, 0.717) is 18.4 Å². The highest BCUT2D eigenvalue weighted by molar-refractivity contribution is 5.98. The summed E-state index contributed by atoms with van der Waals surface area (Å²) in [7, 11) is 0. The molecule has 3 saturated carbocycles. The summed E-state index contributed by atoms with van der Waals surface area (Å²) in [6.45, 7) is 13.8. The Labute approximate surface area is 217 Å². The Kier molecular flexibility index (Phi) is 5.61. The largest absolute Gasteiger partial charge is 0.459 e. The van der Waals surface area contributed by atoms with Gasteiger partial charge in [-0.1, -0.05) is 41.5 Å². The molecule has 11 atom stereocenters. The molecule has 37 heavy (non-hydrogen) atoms. The maximum absolute atomic E-state index is 14.2. The zero-order chi connectivity index (χ0) is 27.5. The first kappa shape index (κ1) is 26.4. The van der Waals surface area contributed by atoms with Crippen LogP contribution in [0.2, 0.25) is 0 Å². The second-order valence-corrected chi connectivity index (χ2v) is 12.5. The second-order valence-electron chi connectivity index (χ2n) is 12.5. The van der Waals surface area contributed by atoms with E-state index < -0.39 is 64.4 Å². The molecule has 1 aliphatic heterocycles. The summed E-state index contributed by atoms with van der Waals surface area (Å²) in [5.74, 6) is -3.77. The number of epoxide rings is 1. The summed E-state index contributed by atoms with van der Waals surface area (Å²) in [6, 6.07) is 0. The molecule has 1 saturated heterocycles. The fourth-order valence-corrected chi connectivity index (χ4v) is 8.08. The lowest BCUT2D eigenvalue weighted by Crippen LogP contribution is -2.58. The van der Waals surface area contributed by atoms with Crippen molar-refractivity contribution in [1.29, 1.82) is 0 Å². The van der Waals surface area contributed by atoms with Crippen LogP contribution >= 0.6 is 0 Å². The summed E-state index contributed by atoms with van der Waals surface area (Å²) in [5.41, 5.74) is -4.15. The van der Waals surface area contributed by atoms with Crippen LogP contribution < -0.4 is 0 Å². The lowest BCUT2D eigenvalue weighted by molar-refractivity contribution is -0.180. The van der Waals surface area contributed by atoms with Gasteiger partial charge in [-0.05, 0) is 30.3 Å². The SMILES string of the molecule is CCC(C)C(=O)O[C@@H]1C2C(C2(C)C)[C@@]2(OC(C)=O)C(=C[C@@]34O[C@@]3(CC(C)[C@@H]4OC(C)=O)C(=O)[C@H]2C)[C@H]1O. The van der Waals surface area contributed by atoms with Crippen LogP contribution in [0.25, 0.3) is 0 Å². The van der Waals surface area contributed by atoms with E-state index in [1.807, 2.05) is 27.7 Å². The third-order valence-electron chi connectivity index (χ3n) is 9.97. The third-order valence-corrected chi connectivity index (χ3v) is 9.97. The van der Waals surface area contributed by atoms with Gasteiger partial charge in [-0.3, -0.25) is 19.2 Å². The summed E-state index contributed by atoms with van der Waals surface area (Å²) in [5, 5.41) is 11.9. The number of aliphatic hydroxyl groups is 1. The number of rotatable bonds is 5. The van der Waals surface area contributed by atoms with Crippen molar-refractivity contribution in [2.75, 3.05) is 0 Å². The molecule has 204 valence electrons. The molecule has 9 heteroatoms. The summed E-state index contributed by atoms with van der Waals surface area (Å²) in [4.78, 5) is 51.7. The quantitative estimate of drug-likeness (QED) is 0.253. The summed E-state index contributed by atoms with van der Waals surface area (Å²) in [6.07, 6.45) is -0.366. The number of carbonyl (C=O) groups excluding carboxylic acids is 4. The minimum absolute atomic E-state index is 0.170. The first-order chi connectivity index (χ1) is 17.1. The highest BCUT2D eigenvalue weighted by Gasteiger charge is 2.88. The van der Waals surface area contributed by atoms with E-state index in [1.165, 1.54) is 13.8 Å². The first-order valence-electron chi connectivity index (χ1n) is 13.4. The normalized spacial score (nSPS) is 47.1. The maximum atomic E-state index is 14.2. The van der Waals surface area contributed by atoms with Crippen LogP contribution in [-0.2, 0) is 38.1 Å². The van der Waals surface area contributed by atoms with Crippen molar-refractivity contribution >= 4 is 23.7 Å². The molecule has 4 unspecified atom stereocenters. The van der Waals surface area contributed by atoms with E-state index in [0.717, 1.165) is 0 Å². The molecule has 0 bridgehead atoms. The van der Waals surface area contributed by atoms with Crippen molar-refractivity contribution in [2.45, 2.75) is 103 Å². The van der Waals surface area contributed by atoms with Gasteiger partial charge in [0.1, 0.15) is 23.9 Å². The average molecular weight is 519 g/mol. The zero-order valence-electron chi connectivity index (χ0n) is 22.8. The van der Waals surface area contributed by atoms with Crippen LogP contribution in [0, 0.1) is 35.0 Å². The molecule has 0 radical (unpaired) electrons. The number of hydrogen-bond donors (Lipinski definition) is 1. The number of hydrogen-bond acceptors (Lipinski definition) is 9. The van der Waals surface area contributed by atoms with Crippen molar-refractivity contribution in [2.24, 2.45) is 35.0 Å². The highest BCUT2D eigenvalue weighted by atomic mass is 16.7. The molecule has 0 spiro atoms. The molecular formula is C28H38O9. The minimum Gasteiger partial charge on any atom is -0.459 e. The van der Waals surface area contributed by atoms with E-state index in [9.17, 15) is 24.3 Å². The number of esters is 3. The fraction of sp³-hybridized carbons (Fsp3) is 0.786. The van der Waals surface area contributed by atoms with Gasteiger partial charge in [-0.2, -0.15) is 0 Å². The van der Waals surface area contributed by atoms with Crippen LogP contribution in [0.15, 0.2) is 11.6 Å². The van der Waals surface area contributed by atoms with Gasteiger partial charge in [0.2, 0.25) is 0 Å². The molecule has 9 nitrogen and oxygen atoms in total. The molecule has 4 fully saturated rings. The molecule has 1 N–H and O–H groups in total. The van der Waals surface area contributed by atoms with Crippen molar-refractivity contribution in [3.8, 4) is 0 Å². The molecule has 5 aliphatic rings. The van der Waals surface area contributed by atoms with Gasteiger partial charge in [0.15, 0.2) is 17.0 Å². The summed E-state index contributed by atoms with van der Waals surface area (Å²) < 4.78 is 23.9. The second kappa shape index (κ2) is 7.88. The molecule has 0 amide bonds. The van der Waals surface area contributed by atoms with Crippen molar-refractivity contribution in [1.82, 2.24) is 0 Å². The van der Waals surface area contributed by atoms with E-state index >= 15 is 0 Å². The molecule has 5 rings (SSSR count). The first-order valence-corrected chi connectivity index (χ1v) is 13.4. The van der Waals surface area contributed by atoms with Crippen LogP contribution in [0.4, 0.5) is 0 Å². The fourth-order valence-electron chi connectivity index (χ4n) is 8.08. The van der Waals surface area contributed by atoms with Crippen LogP contribution in [-0.4, -0.2) is 63.9 Å². The average Bonchev–Trinajstić information content (AvgIpc) is 3.61. The van der Waals surface area contributed by atoms with Crippen molar-refractivity contribution in [3.05, 3.63) is 11.6 Å². The zero-order valence-corrected chi connectivity index (χ0v) is 22.8. The van der Waals surface area contributed by atoms with Gasteiger partial charge in [0.25, 0.3) is 0 Å². The highest BCUT2D eigenvalue weighted by Crippen LogP contribution is 2.76. The van der Waals surface area contributed by atoms with Crippen LogP contribution in [0.1, 0.15) is 68.2 Å². The lowest BCUT2D eigenvalue weighted by atomic mass is 9.67. The van der Waals surface area contributed by atoms with Gasteiger partial charge in [0, 0.05) is 31.3 Å². The predicted molar refractivity (Wildman–Crippen MR) is 129 cm³/mol. The Hall–Kier alpha value is -2.26. The molecule has 0 aromatic carbocycles.